The van der Waals surface area contributed by atoms with Gasteiger partial charge in [-0.15, -0.1) is 0 Å². The number of hydrogen-bond acceptors (Lipinski definition) is 4. The van der Waals surface area contributed by atoms with Crippen LogP contribution in [0, 0.1) is 18.6 Å². The number of imidazole rings is 1. The van der Waals surface area contributed by atoms with Gasteiger partial charge in [0.15, 0.2) is 11.6 Å². The third-order valence-corrected chi connectivity index (χ3v) is 5.77. The quantitative estimate of drug-likeness (QED) is 0.652. The highest BCUT2D eigenvalue weighted by Crippen LogP contribution is 2.39. The largest absolute Gasteiger partial charge is 0.486 e. The van der Waals surface area contributed by atoms with E-state index in [-0.39, 0.29) is 44.0 Å². The van der Waals surface area contributed by atoms with Crippen molar-refractivity contribution in [1.82, 2.24) is 9.55 Å². The molecule has 2 aromatic carbocycles. The lowest BCUT2D eigenvalue weighted by atomic mass is 9.73. The second-order valence-corrected chi connectivity index (χ2v) is 7.62. The maximum atomic E-state index is 15.3. The molecular formula is C23H23F2N3O3. The summed E-state index contributed by atoms with van der Waals surface area (Å²) >= 11 is 0. The highest BCUT2D eigenvalue weighted by Gasteiger charge is 2.43. The molecule has 1 saturated heterocycles. The number of primary amides is 1. The van der Waals surface area contributed by atoms with E-state index in [4.69, 9.17) is 15.2 Å². The van der Waals surface area contributed by atoms with Crippen molar-refractivity contribution in [2.45, 2.75) is 31.8 Å². The average molecular weight is 427 g/mol. The molecule has 0 saturated carbocycles. The van der Waals surface area contributed by atoms with Crippen molar-refractivity contribution in [1.29, 1.82) is 0 Å². The molecule has 0 spiro atoms. The standard InChI is InChI=1S/C23H23F2N3O3/c1-15-27-8-9-28(15)18-4-2-16(3-5-18)14-31-20-13-17(24)12-19(21(20)25)23(22(26)29)6-10-30-11-7-23/h2-5,8-9,12-13H,6-7,10-11,14H2,1H3,(H2,26,29). The zero-order valence-corrected chi connectivity index (χ0v) is 17.1. The molecule has 2 N–H and O–H groups in total. The Morgan fingerprint density at radius 3 is 2.55 bits per heavy atom. The van der Waals surface area contributed by atoms with Crippen LogP contribution in [0.5, 0.6) is 5.75 Å². The van der Waals surface area contributed by atoms with Gasteiger partial charge in [-0.05, 0) is 43.5 Å². The Morgan fingerprint density at radius 1 is 1.23 bits per heavy atom. The van der Waals surface area contributed by atoms with Crippen molar-refractivity contribution in [3.8, 4) is 11.4 Å². The summed E-state index contributed by atoms with van der Waals surface area (Å²) in [5, 5.41) is 0. The fraction of sp³-hybridized carbons (Fsp3) is 0.304. The second-order valence-electron chi connectivity index (χ2n) is 7.62. The highest BCUT2D eigenvalue weighted by molar-refractivity contribution is 5.87. The molecule has 1 aliphatic heterocycles. The Bertz CT molecular complexity index is 1090. The first-order valence-corrected chi connectivity index (χ1v) is 10.00. The molecule has 6 nitrogen and oxygen atoms in total. The summed E-state index contributed by atoms with van der Waals surface area (Å²) in [7, 11) is 0. The SMILES string of the molecule is Cc1nccn1-c1ccc(COc2cc(F)cc(C3(C(N)=O)CCOCC3)c2F)cc1. The van der Waals surface area contributed by atoms with Gasteiger partial charge in [0.2, 0.25) is 5.91 Å². The van der Waals surface area contributed by atoms with Gasteiger partial charge >= 0.3 is 0 Å². The molecule has 1 fully saturated rings. The molecule has 0 aliphatic carbocycles. The molecule has 1 aromatic heterocycles. The van der Waals surface area contributed by atoms with Crippen LogP contribution >= 0.6 is 0 Å². The predicted octanol–water partition coefficient (Wildman–Crippen LogP) is 3.57. The molecule has 2 heterocycles. The van der Waals surface area contributed by atoms with E-state index < -0.39 is 23.0 Å². The number of hydrogen-bond donors (Lipinski definition) is 1. The van der Waals surface area contributed by atoms with E-state index in [2.05, 4.69) is 4.98 Å². The topological polar surface area (TPSA) is 79.4 Å². The number of nitrogens with two attached hydrogens (primary N) is 1. The van der Waals surface area contributed by atoms with Gasteiger partial charge in [-0.25, -0.2) is 13.8 Å². The normalized spacial score (nSPS) is 15.6. The van der Waals surface area contributed by atoms with Gasteiger partial charge in [0.1, 0.15) is 18.2 Å². The number of carbonyl (C=O) groups is 1. The first kappa shape index (κ1) is 21.0. The van der Waals surface area contributed by atoms with Crippen molar-refractivity contribution >= 4 is 5.91 Å². The Morgan fingerprint density at radius 2 is 1.94 bits per heavy atom. The molecular weight excluding hydrogens is 404 g/mol. The monoisotopic (exact) mass is 427 g/mol. The summed E-state index contributed by atoms with van der Waals surface area (Å²) in [6.07, 6.45) is 3.96. The summed E-state index contributed by atoms with van der Waals surface area (Å²) in [5.74, 6) is -1.56. The summed E-state index contributed by atoms with van der Waals surface area (Å²) in [5.41, 5.74) is 5.92. The lowest BCUT2D eigenvalue weighted by Gasteiger charge is -2.35. The van der Waals surface area contributed by atoms with E-state index in [0.29, 0.717) is 0 Å². The lowest BCUT2D eigenvalue weighted by Crippen LogP contribution is -2.46. The van der Waals surface area contributed by atoms with Crippen LogP contribution < -0.4 is 10.5 Å². The average Bonchev–Trinajstić information content (AvgIpc) is 3.20. The molecule has 8 heteroatoms. The van der Waals surface area contributed by atoms with Gasteiger partial charge < -0.3 is 19.8 Å². The molecule has 162 valence electrons. The smallest absolute Gasteiger partial charge is 0.228 e. The minimum atomic E-state index is -1.31. The molecule has 4 rings (SSSR count). The first-order valence-electron chi connectivity index (χ1n) is 10.00. The van der Waals surface area contributed by atoms with Crippen molar-refractivity contribution in [2.24, 2.45) is 5.73 Å². The van der Waals surface area contributed by atoms with Crippen LogP contribution in [0.3, 0.4) is 0 Å². The number of aryl methyl sites for hydroxylation is 1. The molecule has 0 bridgehead atoms. The number of rotatable bonds is 6. The minimum Gasteiger partial charge on any atom is -0.486 e. The van der Waals surface area contributed by atoms with Crippen LogP contribution in [0.15, 0.2) is 48.8 Å². The molecule has 0 unspecified atom stereocenters. The van der Waals surface area contributed by atoms with Gasteiger partial charge in [0.05, 0.1) is 5.41 Å². The number of benzene rings is 2. The zero-order chi connectivity index (χ0) is 22.0. The van der Waals surface area contributed by atoms with E-state index in [1.54, 1.807) is 6.20 Å². The minimum absolute atomic E-state index is 0.0374. The number of amides is 1. The molecule has 3 aromatic rings. The summed E-state index contributed by atoms with van der Waals surface area (Å²) in [6, 6.07) is 9.48. The van der Waals surface area contributed by atoms with Gasteiger partial charge in [-0.3, -0.25) is 4.79 Å². The van der Waals surface area contributed by atoms with Gasteiger partial charge in [-0.2, -0.15) is 0 Å². The van der Waals surface area contributed by atoms with Crippen molar-refractivity contribution < 1.29 is 23.0 Å². The molecule has 0 radical (unpaired) electrons. The molecule has 1 amide bonds. The Balaban J connectivity index is 1.57. The fourth-order valence-corrected chi connectivity index (χ4v) is 3.95. The third kappa shape index (κ3) is 4.03. The summed E-state index contributed by atoms with van der Waals surface area (Å²) in [6.45, 7) is 2.43. The van der Waals surface area contributed by atoms with E-state index in [0.717, 1.165) is 29.2 Å². The first-order chi connectivity index (χ1) is 14.9. The fourth-order valence-electron chi connectivity index (χ4n) is 3.95. The predicted molar refractivity (Wildman–Crippen MR) is 110 cm³/mol. The van der Waals surface area contributed by atoms with Gasteiger partial charge in [-0.1, -0.05) is 12.1 Å². The van der Waals surface area contributed by atoms with Crippen molar-refractivity contribution in [2.75, 3.05) is 13.2 Å². The van der Waals surface area contributed by atoms with E-state index in [1.165, 1.54) is 0 Å². The third-order valence-electron chi connectivity index (χ3n) is 5.77. The van der Waals surface area contributed by atoms with E-state index in [1.807, 2.05) is 42.0 Å². The van der Waals surface area contributed by atoms with Gasteiger partial charge in [0, 0.05) is 42.9 Å². The van der Waals surface area contributed by atoms with Crippen LogP contribution in [0.2, 0.25) is 0 Å². The van der Waals surface area contributed by atoms with Crippen LogP contribution in [0.25, 0.3) is 5.69 Å². The van der Waals surface area contributed by atoms with Gasteiger partial charge in [0.25, 0.3) is 0 Å². The Labute approximate surface area is 178 Å². The summed E-state index contributed by atoms with van der Waals surface area (Å²) in [4.78, 5) is 16.4. The summed E-state index contributed by atoms with van der Waals surface area (Å²) < 4.78 is 42.4. The maximum absolute atomic E-state index is 15.3. The Hall–Kier alpha value is -3.26. The van der Waals surface area contributed by atoms with Crippen molar-refractivity contribution in [3.63, 3.8) is 0 Å². The molecule has 31 heavy (non-hydrogen) atoms. The number of halogens is 2. The Kier molecular flexibility index (Phi) is 5.73. The van der Waals surface area contributed by atoms with Crippen LogP contribution in [-0.4, -0.2) is 28.7 Å². The van der Waals surface area contributed by atoms with Crippen LogP contribution in [0.4, 0.5) is 8.78 Å². The lowest BCUT2D eigenvalue weighted by molar-refractivity contribution is -0.127. The number of ether oxygens (including phenoxy) is 2. The van der Waals surface area contributed by atoms with Crippen LogP contribution in [0.1, 0.15) is 29.8 Å². The molecule has 0 atom stereocenters. The van der Waals surface area contributed by atoms with E-state index in [9.17, 15) is 9.18 Å². The second kappa shape index (κ2) is 8.47. The number of aromatic nitrogens is 2. The highest BCUT2D eigenvalue weighted by atomic mass is 19.1. The zero-order valence-electron chi connectivity index (χ0n) is 17.1. The number of nitrogens with zero attached hydrogens (tertiary/aromatic N) is 2. The van der Waals surface area contributed by atoms with Crippen LogP contribution in [-0.2, 0) is 21.6 Å². The van der Waals surface area contributed by atoms with Crippen molar-refractivity contribution in [3.05, 3.63) is 77.4 Å². The molecule has 1 aliphatic rings. The van der Waals surface area contributed by atoms with E-state index >= 15 is 4.39 Å². The number of carbonyl (C=O) groups excluding carboxylic acids is 1. The maximum Gasteiger partial charge on any atom is 0.228 e.